The second kappa shape index (κ2) is 5.71. The zero-order valence-electron chi connectivity index (χ0n) is 9.40. The molecule has 0 fully saturated rings. The highest BCUT2D eigenvalue weighted by molar-refractivity contribution is 7.86. The van der Waals surface area contributed by atoms with E-state index < -0.39 is 25.6 Å². The van der Waals surface area contributed by atoms with Gasteiger partial charge >= 0.3 is 10.1 Å². The van der Waals surface area contributed by atoms with E-state index in [-0.39, 0.29) is 16.3 Å². The number of nitrogens with zero attached hydrogens (tertiary/aromatic N) is 1. The molecule has 0 heterocycles. The lowest BCUT2D eigenvalue weighted by Crippen LogP contribution is -2.04. The quantitative estimate of drug-likeness (QED) is 0.478. The standard InChI is InChI=1S/C10H7NO5S.2H2O/c12-11(13)9-6-5-7-3-1-2-4-8(7)10(9)17(14,15)16;;/h1-6H,(H,14,15,16);2*1H2. The van der Waals surface area contributed by atoms with E-state index in [9.17, 15) is 18.5 Å². The summed E-state index contributed by atoms with van der Waals surface area (Å²) in [5.74, 6) is 0. The van der Waals surface area contributed by atoms with Gasteiger partial charge in [0.15, 0.2) is 4.90 Å². The van der Waals surface area contributed by atoms with Crippen LogP contribution < -0.4 is 0 Å². The summed E-state index contributed by atoms with van der Waals surface area (Å²) in [6.07, 6.45) is 0. The number of hydrogen-bond donors (Lipinski definition) is 1. The Balaban J connectivity index is 0.00000162. The van der Waals surface area contributed by atoms with Crippen LogP contribution >= 0.6 is 0 Å². The minimum Gasteiger partial charge on any atom is -0.412 e. The van der Waals surface area contributed by atoms with Crippen molar-refractivity contribution in [1.82, 2.24) is 0 Å². The molecule has 2 aromatic carbocycles. The zero-order chi connectivity index (χ0) is 12.6. The topological polar surface area (TPSA) is 161 Å². The van der Waals surface area contributed by atoms with E-state index in [4.69, 9.17) is 4.55 Å². The van der Waals surface area contributed by atoms with Gasteiger partial charge in [-0.2, -0.15) is 8.42 Å². The van der Waals surface area contributed by atoms with E-state index in [0.29, 0.717) is 5.39 Å². The maximum Gasteiger partial charge on any atom is 0.302 e. The second-order valence-corrected chi connectivity index (χ2v) is 4.73. The van der Waals surface area contributed by atoms with Crippen molar-refractivity contribution in [2.45, 2.75) is 4.90 Å². The van der Waals surface area contributed by atoms with E-state index in [0.717, 1.165) is 6.07 Å². The third-order valence-electron chi connectivity index (χ3n) is 2.31. The van der Waals surface area contributed by atoms with Crippen molar-refractivity contribution >= 4 is 26.6 Å². The van der Waals surface area contributed by atoms with Crippen LogP contribution in [0.15, 0.2) is 41.3 Å². The van der Waals surface area contributed by atoms with Gasteiger partial charge in [0.25, 0.3) is 5.69 Å². The Labute approximate surface area is 107 Å². The number of hydrogen-bond acceptors (Lipinski definition) is 4. The van der Waals surface area contributed by atoms with Crippen molar-refractivity contribution in [2.75, 3.05) is 0 Å². The predicted molar refractivity (Wildman–Crippen MR) is 67.6 cm³/mol. The molecule has 0 aromatic heterocycles. The van der Waals surface area contributed by atoms with Crippen molar-refractivity contribution < 1.29 is 28.8 Å². The van der Waals surface area contributed by atoms with Crippen LogP contribution in [-0.4, -0.2) is 28.8 Å². The Morgan fingerprint density at radius 2 is 1.63 bits per heavy atom. The van der Waals surface area contributed by atoms with Crippen LogP contribution in [0.4, 0.5) is 5.69 Å². The molecule has 0 radical (unpaired) electrons. The number of nitro benzene ring substituents is 1. The Hall–Kier alpha value is -2.07. The number of rotatable bonds is 2. The molecular weight excluding hydrogens is 278 g/mol. The van der Waals surface area contributed by atoms with E-state index in [1.54, 1.807) is 18.2 Å². The lowest BCUT2D eigenvalue weighted by Gasteiger charge is -2.04. The lowest BCUT2D eigenvalue weighted by atomic mass is 10.1. The fourth-order valence-electron chi connectivity index (χ4n) is 1.65. The number of benzene rings is 2. The van der Waals surface area contributed by atoms with Crippen molar-refractivity contribution in [1.29, 1.82) is 0 Å². The third kappa shape index (κ3) is 3.03. The average molecular weight is 289 g/mol. The molecular formula is C10H11NO7S. The van der Waals surface area contributed by atoms with E-state index in [1.807, 2.05) is 0 Å². The van der Waals surface area contributed by atoms with Crippen LogP contribution in [0.1, 0.15) is 0 Å². The first-order valence-corrected chi connectivity index (χ1v) is 5.99. The van der Waals surface area contributed by atoms with Crippen LogP contribution in [0.25, 0.3) is 10.8 Å². The first-order chi connectivity index (χ1) is 7.91. The van der Waals surface area contributed by atoms with Crippen molar-refractivity contribution in [3.8, 4) is 0 Å². The van der Waals surface area contributed by atoms with Crippen LogP contribution in [0.3, 0.4) is 0 Å². The average Bonchev–Trinajstić information content (AvgIpc) is 2.26. The second-order valence-electron chi connectivity index (χ2n) is 3.37. The van der Waals surface area contributed by atoms with Gasteiger partial charge in [-0.05, 0) is 11.5 Å². The summed E-state index contributed by atoms with van der Waals surface area (Å²) in [6, 6.07) is 8.72. The monoisotopic (exact) mass is 289 g/mol. The van der Waals surface area contributed by atoms with Crippen molar-refractivity contribution in [3.05, 3.63) is 46.5 Å². The van der Waals surface area contributed by atoms with Gasteiger partial charge in [0, 0.05) is 11.5 Å². The van der Waals surface area contributed by atoms with Crippen molar-refractivity contribution in [2.24, 2.45) is 0 Å². The lowest BCUT2D eigenvalue weighted by molar-refractivity contribution is -0.387. The third-order valence-corrected chi connectivity index (χ3v) is 3.26. The smallest absolute Gasteiger partial charge is 0.302 e. The van der Waals surface area contributed by atoms with Crippen LogP contribution in [0.2, 0.25) is 0 Å². The Kier molecular flexibility index (Phi) is 5.09. The highest BCUT2D eigenvalue weighted by Crippen LogP contribution is 2.31. The molecule has 0 unspecified atom stereocenters. The molecule has 0 saturated heterocycles. The SMILES string of the molecule is O.O.O=[N+]([O-])c1ccc2ccccc2c1S(=O)(=O)O. The summed E-state index contributed by atoms with van der Waals surface area (Å²) in [4.78, 5) is 9.24. The summed E-state index contributed by atoms with van der Waals surface area (Å²) in [5, 5.41) is 11.4. The normalized spacial score (nSPS) is 10.4. The van der Waals surface area contributed by atoms with Gasteiger partial charge in [-0.15, -0.1) is 0 Å². The van der Waals surface area contributed by atoms with Gasteiger partial charge in [-0.1, -0.05) is 24.3 Å². The molecule has 0 aliphatic heterocycles. The first-order valence-electron chi connectivity index (χ1n) is 4.55. The molecule has 0 atom stereocenters. The van der Waals surface area contributed by atoms with Gasteiger partial charge in [-0.3, -0.25) is 14.7 Å². The Morgan fingerprint density at radius 3 is 2.16 bits per heavy atom. The molecule has 2 aromatic rings. The molecule has 0 saturated carbocycles. The van der Waals surface area contributed by atoms with E-state index in [1.165, 1.54) is 12.1 Å². The number of fused-ring (bicyclic) bond motifs is 1. The summed E-state index contributed by atoms with van der Waals surface area (Å²) < 4.78 is 31.5. The van der Waals surface area contributed by atoms with Gasteiger partial charge in [0.1, 0.15) is 0 Å². The number of nitro groups is 1. The van der Waals surface area contributed by atoms with Gasteiger partial charge in [-0.25, -0.2) is 0 Å². The van der Waals surface area contributed by atoms with Crippen LogP contribution in [0, 0.1) is 10.1 Å². The molecule has 9 heteroatoms. The fraction of sp³-hybridized carbons (Fsp3) is 0. The molecule has 0 amide bonds. The predicted octanol–water partition coefficient (Wildman–Crippen LogP) is 0.345. The Bertz CT molecular complexity index is 711. The molecule has 2 rings (SSSR count). The minimum absolute atomic E-state index is 0. The summed E-state index contributed by atoms with van der Waals surface area (Å²) in [7, 11) is -4.65. The van der Waals surface area contributed by atoms with Crippen LogP contribution in [-0.2, 0) is 10.1 Å². The molecule has 0 aliphatic rings. The van der Waals surface area contributed by atoms with E-state index in [2.05, 4.69) is 0 Å². The van der Waals surface area contributed by atoms with Crippen LogP contribution in [0.5, 0.6) is 0 Å². The first kappa shape index (κ1) is 16.9. The fourth-order valence-corrected chi connectivity index (χ4v) is 2.52. The van der Waals surface area contributed by atoms with E-state index >= 15 is 0 Å². The largest absolute Gasteiger partial charge is 0.412 e. The van der Waals surface area contributed by atoms with Gasteiger partial charge < -0.3 is 11.0 Å². The molecule has 5 N–H and O–H groups in total. The Morgan fingerprint density at radius 1 is 1.05 bits per heavy atom. The molecule has 8 nitrogen and oxygen atoms in total. The molecule has 104 valence electrons. The van der Waals surface area contributed by atoms with Gasteiger partial charge in [0.2, 0.25) is 0 Å². The molecule has 0 bridgehead atoms. The highest BCUT2D eigenvalue weighted by Gasteiger charge is 2.26. The molecule has 0 aliphatic carbocycles. The minimum atomic E-state index is -4.65. The maximum absolute atomic E-state index is 11.2. The highest BCUT2D eigenvalue weighted by atomic mass is 32.2. The van der Waals surface area contributed by atoms with Crippen molar-refractivity contribution in [3.63, 3.8) is 0 Å². The van der Waals surface area contributed by atoms with Gasteiger partial charge in [0.05, 0.1) is 4.92 Å². The zero-order valence-corrected chi connectivity index (χ0v) is 10.2. The molecule has 19 heavy (non-hydrogen) atoms. The summed E-state index contributed by atoms with van der Waals surface area (Å²) >= 11 is 0. The summed E-state index contributed by atoms with van der Waals surface area (Å²) in [6.45, 7) is 0. The molecule has 0 spiro atoms. The maximum atomic E-state index is 11.2. The summed E-state index contributed by atoms with van der Waals surface area (Å²) in [5.41, 5.74) is -0.633.